The zero-order chi connectivity index (χ0) is 16.6. The second kappa shape index (κ2) is 5.46. The molecule has 0 aliphatic heterocycles. The van der Waals surface area contributed by atoms with E-state index in [1.807, 2.05) is 24.3 Å². The van der Waals surface area contributed by atoms with Gasteiger partial charge in [-0.1, -0.05) is 41.6 Å². The molecular formula is C17H13F2NO3. The van der Waals surface area contributed by atoms with Gasteiger partial charge in [0.2, 0.25) is 0 Å². The van der Waals surface area contributed by atoms with E-state index in [9.17, 15) is 13.6 Å². The molecule has 2 aromatic carbocycles. The molecule has 0 spiro atoms. The maximum atomic E-state index is 13.4. The summed E-state index contributed by atoms with van der Waals surface area (Å²) in [5, 5.41) is 20.4. The Hall–Kier alpha value is -2.76. The SMILES string of the molecule is O=C(O)C(F)(F)C/C(=N\O)c1ccc2c(c1)-c1ccccc1C2. The maximum absolute atomic E-state index is 13.4. The molecule has 0 bridgehead atoms. The molecule has 0 aromatic heterocycles. The van der Waals surface area contributed by atoms with Crippen LogP contribution in [0, 0.1) is 0 Å². The number of nitrogens with zero attached hydrogens (tertiary/aromatic N) is 1. The van der Waals surface area contributed by atoms with Crippen LogP contribution < -0.4 is 0 Å². The number of hydrogen-bond donors (Lipinski definition) is 2. The van der Waals surface area contributed by atoms with Crippen molar-refractivity contribution < 1.29 is 23.9 Å². The number of alkyl halides is 2. The summed E-state index contributed by atoms with van der Waals surface area (Å²) < 4.78 is 26.8. The highest BCUT2D eigenvalue weighted by molar-refractivity contribution is 6.04. The monoisotopic (exact) mass is 317 g/mol. The summed E-state index contributed by atoms with van der Waals surface area (Å²) >= 11 is 0. The Morgan fingerprint density at radius 3 is 2.52 bits per heavy atom. The Labute approximate surface area is 130 Å². The molecule has 118 valence electrons. The lowest BCUT2D eigenvalue weighted by molar-refractivity contribution is -0.163. The number of oxime groups is 1. The van der Waals surface area contributed by atoms with Gasteiger partial charge in [0, 0.05) is 5.56 Å². The van der Waals surface area contributed by atoms with Gasteiger partial charge in [0.15, 0.2) is 0 Å². The van der Waals surface area contributed by atoms with Crippen molar-refractivity contribution in [3.63, 3.8) is 0 Å². The predicted molar refractivity (Wildman–Crippen MR) is 80.2 cm³/mol. The van der Waals surface area contributed by atoms with Crippen LogP contribution >= 0.6 is 0 Å². The molecular weight excluding hydrogens is 304 g/mol. The van der Waals surface area contributed by atoms with E-state index in [1.54, 1.807) is 18.2 Å². The number of halogens is 2. The van der Waals surface area contributed by atoms with E-state index in [1.165, 1.54) is 0 Å². The molecule has 0 unspecified atom stereocenters. The van der Waals surface area contributed by atoms with Crippen molar-refractivity contribution in [1.29, 1.82) is 0 Å². The average molecular weight is 317 g/mol. The number of rotatable bonds is 4. The van der Waals surface area contributed by atoms with E-state index in [-0.39, 0.29) is 11.3 Å². The summed E-state index contributed by atoms with van der Waals surface area (Å²) in [5.74, 6) is -6.23. The van der Waals surface area contributed by atoms with Crippen molar-refractivity contribution in [2.24, 2.45) is 5.16 Å². The van der Waals surface area contributed by atoms with Crippen molar-refractivity contribution >= 4 is 11.7 Å². The Bertz CT molecular complexity index is 815. The quantitative estimate of drug-likeness (QED) is 0.439. The molecule has 3 rings (SSSR count). The highest BCUT2D eigenvalue weighted by Gasteiger charge is 2.40. The lowest BCUT2D eigenvalue weighted by Crippen LogP contribution is -2.31. The van der Waals surface area contributed by atoms with Crippen LogP contribution in [0.2, 0.25) is 0 Å². The van der Waals surface area contributed by atoms with Crippen LogP contribution in [-0.4, -0.2) is 27.9 Å². The highest BCUT2D eigenvalue weighted by atomic mass is 19.3. The van der Waals surface area contributed by atoms with Crippen LogP contribution in [0.15, 0.2) is 47.6 Å². The molecule has 6 heteroatoms. The molecule has 0 amide bonds. The van der Waals surface area contributed by atoms with Gasteiger partial charge in [-0.25, -0.2) is 4.79 Å². The highest BCUT2D eigenvalue weighted by Crippen LogP contribution is 2.37. The van der Waals surface area contributed by atoms with Gasteiger partial charge >= 0.3 is 11.9 Å². The first kappa shape index (κ1) is 15.1. The number of carbonyl (C=O) groups is 1. The third-order valence-corrected chi connectivity index (χ3v) is 3.95. The molecule has 0 radical (unpaired) electrons. The predicted octanol–water partition coefficient (Wildman–Crippen LogP) is 3.55. The van der Waals surface area contributed by atoms with Crippen molar-refractivity contribution in [2.75, 3.05) is 0 Å². The summed E-state index contributed by atoms with van der Waals surface area (Å²) in [6.45, 7) is 0. The maximum Gasteiger partial charge on any atom is 0.374 e. The minimum absolute atomic E-state index is 0.281. The molecule has 0 fully saturated rings. The fraction of sp³-hybridized carbons (Fsp3) is 0.176. The minimum Gasteiger partial charge on any atom is -0.477 e. The number of benzene rings is 2. The van der Waals surface area contributed by atoms with E-state index in [2.05, 4.69) is 5.16 Å². The standard InChI is InChI=1S/C17H13F2NO3/c18-17(19,16(21)22)9-15(20-23)12-6-5-11-7-10-3-1-2-4-13(10)14(11)8-12/h1-6,8,23H,7,9H2,(H,21,22)/b20-15+. The lowest BCUT2D eigenvalue weighted by Gasteiger charge is -2.13. The van der Waals surface area contributed by atoms with Gasteiger partial charge in [-0.3, -0.25) is 0 Å². The Morgan fingerprint density at radius 1 is 1.13 bits per heavy atom. The zero-order valence-electron chi connectivity index (χ0n) is 12.0. The number of hydrogen-bond acceptors (Lipinski definition) is 3. The van der Waals surface area contributed by atoms with E-state index in [4.69, 9.17) is 10.3 Å². The molecule has 0 saturated heterocycles. The van der Waals surface area contributed by atoms with Crippen LogP contribution in [0.5, 0.6) is 0 Å². The van der Waals surface area contributed by atoms with Crippen molar-refractivity contribution in [3.05, 3.63) is 59.2 Å². The minimum atomic E-state index is -3.99. The third-order valence-electron chi connectivity index (χ3n) is 3.95. The fourth-order valence-corrected chi connectivity index (χ4v) is 2.78. The van der Waals surface area contributed by atoms with Crippen molar-refractivity contribution in [3.8, 4) is 11.1 Å². The van der Waals surface area contributed by atoms with Gasteiger partial charge in [0.1, 0.15) is 0 Å². The topological polar surface area (TPSA) is 69.9 Å². The molecule has 2 N–H and O–H groups in total. The van der Waals surface area contributed by atoms with Gasteiger partial charge in [-0.15, -0.1) is 0 Å². The molecule has 23 heavy (non-hydrogen) atoms. The molecule has 0 atom stereocenters. The lowest BCUT2D eigenvalue weighted by atomic mass is 9.98. The fourth-order valence-electron chi connectivity index (χ4n) is 2.78. The summed E-state index contributed by atoms with van der Waals surface area (Å²) in [6.07, 6.45) is -0.415. The van der Waals surface area contributed by atoms with Gasteiger partial charge < -0.3 is 10.3 Å². The van der Waals surface area contributed by atoms with Crippen molar-refractivity contribution in [1.82, 2.24) is 0 Å². The Balaban J connectivity index is 1.98. The Morgan fingerprint density at radius 2 is 1.83 bits per heavy atom. The second-order valence-corrected chi connectivity index (χ2v) is 5.44. The number of carboxylic acids is 1. The summed E-state index contributed by atoms with van der Waals surface area (Å²) in [6, 6.07) is 12.8. The average Bonchev–Trinajstić information content (AvgIpc) is 2.90. The second-order valence-electron chi connectivity index (χ2n) is 5.44. The number of carboxylic acid groups (broad SMARTS) is 1. The van der Waals surface area contributed by atoms with Crippen LogP contribution in [0.4, 0.5) is 8.78 Å². The summed E-state index contributed by atoms with van der Waals surface area (Å²) in [5.41, 5.74) is 4.01. The summed E-state index contributed by atoms with van der Waals surface area (Å²) in [7, 11) is 0. The molecule has 2 aromatic rings. The van der Waals surface area contributed by atoms with Crippen LogP contribution in [0.3, 0.4) is 0 Å². The third kappa shape index (κ3) is 2.67. The summed E-state index contributed by atoms with van der Waals surface area (Å²) in [4.78, 5) is 10.6. The molecule has 4 nitrogen and oxygen atoms in total. The van der Waals surface area contributed by atoms with Gasteiger partial charge in [-0.2, -0.15) is 8.78 Å². The zero-order valence-corrected chi connectivity index (χ0v) is 12.0. The van der Waals surface area contributed by atoms with Crippen molar-refractivity contribution in [2.45, 2.75) is 18.8 Å². The molecule has 1 aliphatic rings. The van der Waals surface area contributed by atoms with E-state index >= 15 is 0 Å². The molecule has 0 saturated carbocycles. The van der Waals surface area contributed by atoms with Crippen LogP contribution in [-0.2, 0) is 11.2 Å². The molecule has 0 heterocycles. The first-order valence-corrected chi connectivity index (χ1v) is 6.96. The van der Waals surface area contributed by atoms with Gasteiger partial charge in [0.05, 0.1) is 12.1 Å². The van der Waals surface area contributed by atoms with Crippen LogP contribution in [0.1, 0.15) is 23.1 Å². The van der Waals surface area contributed by atoms with Crippen LogP contribution in [0.25, 0.3) is 11.1 Å². The smallest absolute Gasteiger partial charge is 0.374 e. The van der Waals surface area contributed by atoms with E-state index in [0.717, 1.165) is 28.7 Å². The first-order valence-electron chi connectivity index (χ1n) is 6.96. The number of fused-ring (bicyclic) bond motifs is 3. The van der Waals surface area contributed by atoms with E-state index in [0.29, 0.717) is 0 Å². The number of aliphatic carboxylic acids is 1. The van der Waals surface area contributed by atoms with Gasteiger partial charge in [-0.05, 0) is 34.7 Å². The largest absolute Gasteiger partial charge is 0.477 e. The first-order chi connectivity index (χ1) is 10.9. The van der Waals surface area contributed by atoms with E-state index < -0.39 is 18.3 Å². The molecule has 1 aliphatic carbocycles. The normalized spacial score (nSPS) is 13.6. The van der Waals surface area contributed by atoms with Gasteiger partial charge in [0.25, 0.3) is 0 Å². The Kier molecular flexibility index (Phi) is 3.60.